The summed E-state index contributed by atoms with van der Waals surface area (Å²) in [4.78, 5) is 12.5. The van der Waals surface area contributed by atoms with E-state index in [1.54, 1.807) is 23.7 Å². The fourth-order valence-corrected chi connectivity index (χ4v) is 4.38. The smallest absolute Gasteiger partial charge is 0.135 e. The predicted octanol–water partition coefficient (Wildman–Crippen LogP) is 5.90. The molecule has 0 aliphatic carbocycles. The van der Waals surface area contributed by atoms with Crippen LogP contribution in [0, 0.1) is 0 Å². The summed E-state index contributed by atoms with van der Waals surface area (Å²) in [7, 11) is 0. The lowest BCUT2D eigenvalue weighted by Crippen LogP contribution is -1.86. The number of aromatic amines is 2. The van der Waals surface area contributed by atoms with Gasteiger partial charge in [-0.05, 0) is 64.4 Å². The largest absolute Gasteiger partial charge is 0.353 e. The second kappa shape index (κ2) is 6.39. The number of thiophene rings is 1. The molecule has 0 radical (unpaired) electrons. The van der Waals surface area contributed by atoms with Gasteiger partial charge in [0, 0.05) is 28.9 Å². The van der Waals surface area contributed by atoms with Crippen molar-refractivity contribution in [3.8, 4) is 33.8 Å². The molecule has 2 N–H and O–H groups in total. The van der Waals surface area contributed by atoms with Gasteiger partial charge in [0.05, 0.1) is 16.9 Å². The Morgan fingerprint density at radius 3 is 2.66 bits per heavy atom. The fraction of sp³-hybridized carbons (Fsp3) is 0. The Labute approximate surface area is 170 Å². The van der Waals surface area contributed by atoms with E-state index in [0.29, 0.717) is 0 Å². The molecule has 6 heteroatoms. The van der Waals surface area contributed by atoms with E-state index in [4.69, 9.17) is 4.98 Å². The Kier molecular flexibility index (Phi) is 3.57. The summed E-state index contributed by atoms with van der Waals surface area (Å²) in [6.07, 6.45) is 3.56. The van der Waals surface area contributed by atoms with Crippen molar-refractivity contribution < 1.29 is 0 Å². The Hall–Kier alpha value is -3.77. The molecule has 6 aromatic rings. The number of H-pyrrole nitrogens is 2. The van der Waals surface area contributed by atoms with Crippen LogP contribution in [0.15, 0.2) is 77.8 Å². The normalized spacial score (nSPS) is 11.4. The molecule has 0 unspecified atom stereocenters. The third-order valence-electron chi connectivity index (χ3n) is 5.14. The van der Waals surface area contributed by atoms with Crippen molar-refractivity contribution in [1.82, 2.24) is 25.1 Å². The number of hydrogen-bond acceptors (Lipinski definition) is 4. The minimum Gasteiger partial charge on any atom is -0.353 e. The number of rotatable bonds is 3. The standard InChI is InChI=1S/C23H15N5S/c1-2-16(15-8-11-29-13-15)17-12-21(25-19(17)3-1)23-22-20(27-28-23)5-4-18(26-22)14-6-9-24-10-7-14/h1-13,25H,(H,27,28). The first-order valence-corrected chi connectivity index (χ1v) is 10.2. The van der Waals surface area contributed by atoms with Crippen LogP contribution in [-0.4, -0.2) is 25.1 Å². The maximum absolute atomic E-state index is 4.88. The molecular weight excluding hydrogens is 378 g/mol. The van der Waals surface area contributed by atoms with Crippen LogP contribution >= 0.6 is 11.3 Å². The van der Waals surface area contributed by atoms with Gasteiger partial charge in [-0.1, -0.05) is 12.1 Å². The Balaban J connectivity index is 1.53. The molecule has 29 heavy (non-hydrogen) atoms. The van der Waals surface area contributed by atoms with Crippen LogP contribution in [0.5, 0.6) is 0 Å². The molecule has 0 amide bonds. The predicted molar refractivity (Wildman–Crippen MR) is 118 cm³/mol. The molecule has 0 bridgehead atoms. The number of aromatic nitrogens is 5. The van der Waals surface area contributed by atoms with Gasteiger partial charge in [0.25, 0.3) is 0 Å². The molecule has 0 spiro atoms. The van der Waals surface area contributed by atoms with Gasteiger partial charge in [-0.3, -0.25) is 10.1 Å². The summed E-state index contributed by atoms with van der Waals surface area (Å²) in [6.45, 7) is 0. The third-order valence-corrected chi connectivity index (χ3v) is 5.82. The van der Waals surface area contributed by atoms with Gasteiger partial charge in [0.15, 0.2) is 0 Å². The zero-order chi connectivity index (χ0) is 19.2. The summed E-state index contributed by atoms with van der Waals surface area (Å²) >= 11 is 1.71. The molecule has 5 aromatic heterocycles. The summed E-state index contributed by atoms with van der Waals surface area (Å²) in [5.41, 5.74) is 9.01. The summed E-state index contributed by atoms with van der Waals surface area (Å²) in [6, 6.07) is 18.6. The number of nitrogens with one attached hydrogen (secondary N) is 2. The van der Waals surface area contributed by atoms with E-state index in [1.165, 1.54) is 16.5 Å². The van der Waals surface area contributed by atoms with Gasteiger partial charge in [-0.2, -0.15) is 16.4 Å². The van der Waals surface area contributed by atoms with Gasteiger partial charge in [0.1, 0.15) is 11.2 Å². The molecule has 0 saturated carbocycles. The average molecular weight is 393 g/mol. The number of hydrogen-bond donors (Lipinski definition) is 2. The highest BCUT2D eigenvalue weighted by molar-refractivity contribution is 7.08. The molecule has 0 aliphatic rings. The van der Waals surface area contributed by atoms with Crippen molar-refractivity contribution in [1.29, 1.82) is 0 Å². The summed E-state index contributed by atoms with van der Waals surface area (Å²) in [5.74, 6) is 0. The number of pyridine rings is 2. The summed E-state index contributed by atoms with van der Waals surface area (Å²) in [5, 5.41) is 13.1. The van der Waals surface area contributed by atoms with Crippen LogP contribution in [0.1, 0.15) is 0 Å². The van der Waals surface area contributed by atoms with Gasteiger partial charge in [-0.15, -0.1) is 0 Å². The van der Waals surface area contributed by atoms with E-state index in [9.17, 15) is 0 Å². The minimum absolute atomic E-state index is 0.823. The van der Waals surface area contributed by atoms with E-state index in [1.807, 2.05) is 24.3 Å². The molecule has 1 aromatic carbocycles. The van der Waals surface area contributed by atoms with Crippen molar-refractivity contribution in [3.05, 3.63) is 77.8 Å². The first-order valence-electron chi connectivity index (χ1n) is 9.27. The molecule has 0 aliphatic heterocycles. The molecule has 0 atom stereocenters. The van der Waals surface area contributed by atoms with Gasteiger partial charge < -0.3 is 4.98 Å². The van der Waals surface area contributed by atoms with Gasteiger partial charge in [0.2, 0.25) is 0 Å². The highest BCUT2D eigenvalue weighted by atomic mass is 32.1. The summed E-state index contributed by atoms with van der Waals surface area (Å²) < 4.78 is 0. The molecule has 5 heterocycles. The van der Waals surface area contributed by atoms with E-state index in [0.717, 1.165) is 39.2 Å². The minimum atomic E-state index is 0.823. The highest BCUT2D eigenvalue weighted by Gasteiger charge is 2.15. The Bertz CT molecular complexity index is 1450. The topological polar surface area (TPSA) is 70.2 Å². The fourth-order valence-electron chi connectivity index (χ4n) is 3.72. The number of benzene rings is 1. The lowest BCUT2D eigenvalue weighted by molar-refractivity contribution is 1.12. The first-order chi connectivity index (χ1) is 14.4. The highest BCUT2D eigenvalue weighted by Crippen LogP contribution is 2.34. The molecule has 6 rings (SSSR count). The molecule has 5 nitrogen and oxygen atoms in total. The SMILES string of the molecule is c1cc(-c2ccsc2)c2cc(-c3n[nH]c4ccc(-c5ccncc5)nc34)[nH]c2c1. The van der Waals surface area contributed by atoms with Gasteiger partial charge >= 0.3 is 0 Å². The van der Waals surface area contributed by atoms with E-state index in [-0.39, 0.29) is 0 Å². The maximum atomic E-state index is 4.88. The maximum Gasteiger partial charge on any atom is 0.135 e. The van der Waals surface area contributed by atoms with Crippen molar-refractivity contribution in [2.45, 2.75) is 0 Å². The molecule has 0 saturated heterocycles. The van der Waals surface area contributed by atoms with E-state index < -0.39 is 0 Å². The van der Waals surface area contributed by atoms with Crippen LogP contribution in [0.2, 0.25) is 0 Å². The van der Waals surface area contributed by atoms with Crippen molar-refractivity contribution in [2.75, 3.05) is 0 Å². The quantitative estimate of drug-likeness (QED) is 0.393. The second-order valence-electron chi connectivity index (χ2n) is 6.86. The van der Waals surface area contributed by atoms with Crippen molar-refractivity contribution in [3.63, 3.8) is 0 Å². The first kappa shape index (κ1) is 16.2. The van der Waals surface area contributed by atoms with Gasteiger partial charge in [-0.25, -0.2) is 4.98 Å². The van der Waals surface area contributed by atoms with Crippen LogP contribution in [0.4, 0.5) is 0 Å². The molecule has 0 fully saturated rings. The second-order valence-corrected chi connectivity index (χ2v) is 7.64. The third kappa shape index (κ3) is 2.65. The zero-order valence-corrected chi connectivity index (χ0v) is 16.1. The average Bonchev–Trinajstić information content (AvgIpc) is 3.52. The van der Waals surface area contributed by atoms with E-state index >= 15 is 0 Å². The van der Waals surface area contributed by atoms with Crippen LogP contribution in [0.25, 0.3) is 55.7 Å². The van der Waals surface area contributed by atoms with Crippen molar-refractivity contribution >= 4 is 33.3 Å². The van der Waals surface area contributed by atoms with Crippen molar-refractivity contribution in [2.24, 2.45) is 0 Å². The lowest BCUT2D eigenvalue weighted by Gasteiger charge is -2.00. The number of fused-ring (bicyclic) bond motifs is 2. The lowest BCUT2D eigenvalue weighted by atomic mass is 10.0. The molecule has 138 valence electrons. The Morgan fingerprint density at radius 1 is 0.862 bits per heavy atom. The van der Waals surface area contributed by atoms with Crippen LogP contribution in [0.3, 0.4) is 0 Å². The zero-order valence-electron chi connectivity index (χ0n) is 15.3. The van der Waals surface area contributed by atoms with Crippen LogP contribution in [-0.2, 0) is 0 Å². The monoisotopic (exact) mass is 393 g/mol. The Morgan fingerprint density at radius 2 is 1.79 bits per heavy atom. The van der Waals surface area contributed by atoms with Crippen LogP contribution < -0.4 is 0 Å². The molecular formula is C23H15N5S. The number of nitrogens with zero attached hydrogens (tertiary/aromatic N) is 3. The van der Waals surface area contributed by atoms with E-state index in [2.05, 4.69) is 61.3 Å².